The van der Waals surface area contributed by atoms with Crippen molar-refractivity contribution in [1.82, 2.24) is 4.90 Å². The third-order valence-electron chi connectivity index (χ3n) is 5.48. The number of Topliss-reactive ketones (excluding diaryl/α,β-unsaturated/α-hetero) is 1. The molecule has 0 spiro atoms. The van der Waals surface area contributed by atoms with Crippen LogP contribution in [0.5, 0.6) is 0 Å². The molecular formula is C21H31NO. The molecular weight excluding hydrogens is 282 g/mol. The van der Waals surface area contributed by atoms with Crippen LogP contribution < -0.4 is 0 Å². The summed E-state index contributed by atoms with van der Waals surface area (Å²) in [5.41, 5.74) is 4.67. The van der Waals surface area contributed by atoms with Gasteiger partial charge in [-0.05, 0) is 62.6 Å². The Morgan fingerprint density at radius 1 is 1.17 bits per heavy atom. The third-order valence-corrected chi connectivity index (χ3v) is 5.48. The van der Waals surface area contributed by atoms with Gasteiger partial charge in [-0.25, -0.2) is 0 Å². The molecule has 1 aliphatic rings. The van der Waals surface area contributed by atoms with Crippen molar-refractivity contribution in [3.05, 3.63) is 41.5 Å². The maximum atomic E-state index is 11.7. The molecule has 1 saturated heterocycles. The molecule has 0 bridgehead atoms. The summed E-state index contributed by atoms with van der Waals surface area (Å²) >= 11 is 0. The Balaban J connectivity index is 1.89. The number of ketones is 1. The highest BCUT2D eigenvalue weighted by molar-refractivity contribution is 5.98. The quantitative estimate of drug-likeness (QED) is 0.631. The Morgan fingerprint density at radius 3 is 2.35 bits per heavy atom. The van der Waals surface area contributed by atoms with Gasteiger partial charge < -0.3 is 4.90 Å². The molecule has 2 nitrogen and oxygen atoms in total. The number of carbonyl (C=O) groups excluding carboxylic acids is 1. The summed E-state index contributed by atoms with van der Waals surface area (Å²) in [6.07, 6.45) is 4.85. The van der Waals surface area contributed by atoms with Gasteiger partial charge in [0.05, 0.1) is 0 Å². The second-order valence-corrected chi connectivity index (χ2v) is 7.24. The summed E-state index contributed by atoms with van der Waals surface area (Å²) in [4.78, 5) is 14.3. The molecule has 2 heteroatoms. The number of likely N-dealkylation sites (tertiary alicyclic amines) is 1. The number of rotatable bonds is 8. The Bertz CT molecular complexity index is 576. The van der Waals surface area contributed by atoms with Crippen LogP contribution in [0.4, 0.5) is 0 Å². The molecule has 1 aromatic carbocycles. The lowest BCUT2D eigenvalue weighted by Gasteiger charge is -2.50. The standard InChI is InChI=1S/C21H31NO/c1-6-21(7-2)14-22(15-21)12-8-9-18-10-11-19(17(5)23)20(13-18)16(3)4/h10-11,13H,3,6-9,12,14-15H2,1-2,4-5H3. The lowest BCUT2D eigenvalue weighted by Crippen LogP contribution is -2.55. The van der Waals surface area contributed by atoms with Crippen LogP contribution in [0, 0.1) is 5.41 Å². The lowest BCUT2D eigenvalue weighted by molar-refractivity contribution is -0.00622. The van der Waals surface area contributed by atoms with Crippen molar-refractivity contribution >= 4 is 11.4 Å². The molecule has 0 aliphatic carbocycles. The minimum atomic E-state index is 0.116. The van der Waals surface area contributed by atoms with Crippen LogP contribution in [0.3, 0.4) is 0 Å². The Morgan fingerprint density at radius 2 is 1.83 bits per heavy atom. The van der Waals surface area contributed by atoms with Crippen LogP contribution in [0.15, 0.2) is 24.8 Å². The van der Waals surface area contributed by atoms with Crippen LogP contribution in [0.2, 0.25) is 0 Å². The van der Waals surface area contributed by atoms with E-state index in [1.54, 1.807) is 6.92 Å². The molecule has 0 atom stereocenters. The van der Waals surface area contributed by atoms with Gasteiger partial charge in [0.15, 0.2) is 5.78 Å². The molecule has 0 amide bonds. The van der Waals surface area contributed by atoms with E-state index in [1.165, 1.54) is 44.5 Å². The first-order valence-electron chi connectivity index (χ1n) is 8.93. The first-order chi connectivity index (χ1) is 10.9. The monoisotopic (exact) mass is 313 g/mol. The highest BCUT2D eigenvalue weighted by Crippen LogP contribution is 2.36. The first kappa shape index (κ1) is 17.9. The van der Waals surface area contributed by atoms with E-state index in [2.05, 4.69) is 37.5 Å². The van der Waals surface area contributed by atoms with Gasteiger partial charge in [-0.3, -0.25) is 4.79 Å². The highest BCUT2D eigenvalue weighted by Gasteiger charge is 2.38. The van der Waals surface area contributed by atoms with Crippen LogP contribution in [0.25, 0.3) is 5.57 Å². The van der Waals surface area contributed by atoms with Crippen molar-refractivity contribution in [1.29, 1.82) is 0 Å². The molecule has 126 valence electrons. The molecule has 0 unspecified atom stereocenters. The second-order valence-electron chi connectivity index (χ2n) is 7.24. The van der Waals surface area contributed by atoms with E-state index in [-0.39, 0.29) is 5.78 Å². The van der Waals surface area contributed by atoms with Crippen molar-refractivity contribution < 1.29 is 4.79 Å². The maximum absolute atomic E-state index is 11.7. The van der Waals surface area contributed by atoms with Crippen LogP contribution in [0.1, 0.15) is 68.4 Å². The minimum Gasteiger partial charge on any atom is -0.302 e. The summed E-state index contributed by atoms with van der Waals surface area (Å²) in [7, 11) is 0. The Hall–Kier alpha value is -1.41. The lowest BCUT2D eigenvalue weighted by atomic mass is 9.75. The number of benzene rings is 1. The molecule has 1 fully saturated rings. The first-order valence-corrected chi connectivity index (χ1v) is 8.93. The van der Waals surface area contributed by atoms with E-state index < -0.39 is 0 Å². The smallest absolute Gasteiger partial charge is 0.160 e. The average molecular weight is 313 g/mol. The number of allylic oxidation sites excluding steroid dienone is 1. The summed E-state index contributed by atoms with van der Waals surface area (Å²) in [5, 5.41) is 0. The molecule has 1 aromatic rings. The van der Waals surface area contributed by atoms with Crippen molar-refractivity contribution in [3.8, 4) is 0 Å². The molecule has 0 aromatic heterocycles. The Kier molecular flexibility index (Phi) is 5.80. The van der Waals surface area contributed by atoms with E-state index in [1.807, 2.05) is 13.0 Å². The van der Waals surface area contributed by atoms with Crippen molar-refractivity contribution in [3.63, 3.8) is 0 Å². The normalized spacial score (nSPS) is 16.9. The minimum absolute atomic E-state index is 0.116. The molecule has 1 aliphatic heterocycles. The van der Waals surface area contributed by atoms with Gasteiger partial charge in [-0.15, -0.1) is 0 Å². The van der Waals surface area contributed by atoms with E-state index >= 15 is 0 Å². The van der Waals surface area contributed by atoms with E-state index in [0.717, 1.165) is 23.1 Å². The van der Waals surface area contributed by atoms with Crippen molar-refractivity contribution in [2.45, 2.75) is 53.4 Å². The van der Waals surface area contributed by atoms with Gasteiger partial charge in [-0.2, -0.15) is 0 Å². The van der Waals surface area contributed by atoms with Gasteiger partial charge in [-0.1, -0.05) is 44.2 Å². The number of aryl methyl sites for hydroxylation is 1. The predicted octanol–water partition coefficient (Wildman–Crippen LogP) is 4.98. The number of hydrogen-bond donors (Lipinski definition) is 0. The highest BCUT2D eigenvalue weighted by atomic mass is 16.1. The third kappa shape index (κ3) is 4.11. The molecule has 0 N–H and O–H groups in total. The predicted molar refractivity (Wildman–Crippen MR) is 98.9 cm³/mol. The topological polar surface area (TPSA) is 20.3 Å². The second kappa shape index (κ2) is 7.44. The van der Waals surface area contributed by atoms with Crippen molar-refractivity contribution in [2.24, 2.45) is 5.41 Å². The largest absolute Gasteiger partial charge is 0.302 e. The van der Waals surface area contributed by atoms with Gasteiger partial charge in [0.1, 0.15) is 0 Å². The van der Waals surface area contributed by atoms with Gasteiger partial charge >= 0.3 is 0 Å². The molecule has 0 saturated carbocycles. The molecule has 2 rings (SSSR count). The fourth-order valence-corrected chi connectivity index (χ4v) is 3.67. The summed E-state index contributed by atoms with van der Waals surface area (Å²) in [6.45, 7) is 16.0. The van der Waals surface area contributed by atoms with Crippen molar-refractivity contribution in [2.75, 3.05) is 19.6 Å². The Labute approximate surface area is 141 Å². The summed E-state index contributed by atoms with van der Waals surface area (Å²) in [5.74, 6) is 0.116. The number of hydrogen-bond acceptors (Lipinski definition) is 2. The van der Waals surface area contributed by atoms with E-state index in [0.29, 0.717) is 5.41 Å². The number of nitrogens with zero attached hydrogens (tertiary/aromatic N) is 1. The van der Waals surface area contributed by atoms with Gasteiger partial charge in [0.2, 0.25) is 0 Å². The fourth-order valence-electron chi connectivity index (χ4n) is 3.67. The molecule has 23 heavy (non-hydrogen) atoms. The van der Waals surface area contributed by atoms with Crippen LogP contribution in [-0.2, 0) is 6.42 Å². The summed E-state index contributed by atoms with van der Waals surface area (Å²) in [6, 6.07) is 6.21. The summed E-state index contributed by atoms with van der Waals surface area (Å²) < 4.78 is 0. The van der Waals surface area contributed by atoms with E-state index in [9.17, 15) is 4.79 Å². The van der Waals surface area contributed by atoms with Crippen LogP contribution in [-0.4, -0.2) is 30.3 Å². The van der Waals surface area contributed by atoms with Crippen LogP contribution >= 0.6 is 0 Å². The zero-order chi connectivity index (χ0) is 17.0. The van der Waals surface area contributed by atoms with Gasteiger partial charge in [0.25, 0.3) is 0 Å². The fraction of sp³-hybridized carbons (Fsp3) is 0.571. The number of carbonyl (C=O) groups is 1. The molecule has 1 heterocycles. The zero-order valence-electron chi connectivity index (χ0n) is 15.2. The van der Waals surface area contributed by atoms with Gasteiger partial charge in [0, 0.05) is 18.7 Å². The SMILES string of the molecule is C=C(C)c1cc(CCCN2CC(CC)(CC)C2)ccc1C(C)=O. The zero-order valence-corrected chi connectivity index (χ0v) is 15.2. The van der Waals surface area contributed by atoms with E-state index in [4.69, 9.17) is 0 Å². The average Bonchev–Trinajstić information content (AvgIpc) is 2.49. The maximum Gasteiger partial charge on any atom is 0.160 e. The molecule has 0 radical (unpaired) electrons.